The van der Waals surface area contributed by atoms with Crippen molar-refractivity contribution < 1.29 is 4.74 Å². The molecule has 2 atom stereocenters. The maximum atomic E-state index is 10.4. The van der Waals surface area contributed by atoms with Crippen molar-refractivity contribution in [2.45, 2.75) is 26.2 Å². The van der Waals surface area contributed by atoms with E-state index >= 15 is 0 Å². The Morgan fingerprint density at radius 3 is 2.72 bits per heavy atom. The van der Waals surface area contributed by atoms with Crippen LogP contribution in [0.5, 0.6) is 5.75 Å². The molecule has 0 spiro atoms. The highest BCUT2D eigenvalue weighted by Crippen LogP contribution is 2.30. The Kier molecular flexibility index (Phi) is 5.62. The molecule has 1 rings (SSSR count). The van der Waals surface area contributed by atoms with Crippen molar-refractivity contribution in [3.05, 3.63) is 34.7 Å². The first-order valence-corrected chi connectivity index (χ1v) is 6.30. The van der Waals surface area contributed by atoms with Gasteiger partial charge in [-0.15, -0.1) is 4.91 Å². The molecule has 0 N–H and O–H groups in total. The minimum atomic E-state index is 0.366. The molecule has 1 aromatic rings. The van der Waals surface area contributed by atoms with Crippen LogP contribution >= 0.6 is 0 Å². The highest BCUT2D eigenvalue weighted by atomic mass is 16.5. The van der Waals surface area contributed by atoms with Crippen LogP contribution in [0.3, 0.4) is 0 Å². The van der Waals surface area contributed by atoms with E-state index in [0.717, 1.165) is 12.2 Å². The maximum Gasteiger partial charge on any atom is 0.119 e. The van der Waals surface area contributed by atoms with Crippen molar-refractivity contribution in [1.29, 1.82) is 0 Å². The summed E-state index contributed by atoms with van der Waals surface area (Å²) < 4.78 is 5.25. The minimum absolute atomic E-state index is 0.366. The Morgan fingerprint density at radius 1 is 1.44 bits per heavy atom. The molecule has 0 amide bonds. The van der Waals surface area contributed by atoms with E-state index in [1.165, 1.54) is 10.6 Å². The van der Waals surface area contributed by atoms with E-state index in [2.05, 4.69) is 31.3 Å². The third-order valence-electron chi connectivity index (χ3n) is 3.34. The van der Waals surface area contributed by atoms with Gasteiger partial charge < -0.3 is 4.74 Å². The summed E-state index contributed by atoms with van der Waals surface area (Å²) >= 11 is 0. The lowest BCUT2D eigenvalue weighted by atomic mass is 9.85. The first-order valence-electron chi connectivity index (χ1n) is 6.30. The third-order valence-corrected chi connectivity index (χ3v) is 3.34. The van der Waals surface area contributed by atoms with Gasteiger partial charge in [-0.2, -0.15) is 0 Å². The molecule has 0 heterocycles. The molecular formula is C14H22N2O2. The number of nitrogens with zero attached hydrogens (tertiary/aromatic N) is 2. The van der Waals surface area contributed by atoms with E-state index in [0.29, 0.717) is 18.4 Å². The summed E-state index contributed by atoms with van der Waals surface area (Å²) in [6.45, 7) is 4.98. The van der Waals surface area contributed by atoms with Crippen molar-refractivity contribution >= 4 is 0 Å². The molecule has 0 aliphatic rings. The van der Waals surface area contributed by atoms with Gasteiger partial charge in [0, 0.05) is 13.6 Å². The minimum Gasteiger partial charge on any atom is -0.497 e. The molecule has 2 unspecified atom stereocenters. The molecule has 4 nitrogen and oxygen atoms in total. The largest absolute Gasteiger partial charge is 0.497 e. The van der Waals surface area contributed by atoms with E-state index < -0.39 is 0 Å². The second-order valence-corrected chi connectivity index (χ2v) is 4.69. The van der Waals surface area contributed by atoms with Gasteiger partial charge in [0.25, 0.3) is 0 Å². The molecule has 1 aromatic carbocycles. The normalized spacial score (nSPS) is 13.8. The van der Waals surface area contributed by atoms with Crippen molar-refractivity contribution in [1.82, 2.24) is 5.01 Å². The van der Waals surface area contributed by atoms with Crippen molar-refractivity contribution in [3.63, 3.8) is 0 Å². The summed E-state index contributed by atoms with van der Waals surface area (Å²) in [6, 6.07) is 8.13. The van der Waals surface area contributed by atoms with Gasteiger partial charge in [0.1, 0.15) is 5.75 Å². The van der Waals surface area contributed by atoms with Crippen LogP contribution in [0.4, 0.5) is 0 Å². The molecular weight excluding hydrogens is 228 g/mol. The molecule has 0 aliphatic carbocycles. The number of hydrogen-bond acceptors (Lipinski definition) is 3. The summed E-state index contributed by atoms with van der Waals surface area (Å²) in [6.07, 6.45) is 1.03. The molecule has 0 aliphatic heterocycles. The van der Waals surface area contributed by atoms with Crippen molar-refractivity contribution in [2.75, 3.05) is 20.7 Å². The number of ether oxygens (including phenoxy) is 1. The van der Waals surface area contributed by atoms with Gasteiger partial charge in [-0.25, -0.2) is 0 Å². The zero-order valence-electron chi connectivity index (χ0n) is 11.6. The zero-order chi connectivity index (χ0) is 13.5. The summed E-state index contributed by atoms with van der Waals surface area (Å²) in [7, 11) is 3.38. The van der Waals surface area contributed by atoms with Crippen LogP contribution in [0.1, 0.15) is 31.7 Å². The predicted molar refractivity (Wildman–Crippen MR) is 73.6 cm³/mol. The van der Waals surface area contributed by atoms with Gasteiger partial charge in [-0.3, -0.25) is 5.01 Å². The van der Waals surface area contributed by atoms with Gasteiger partial charge in [-0.1, -0.05) is 26.0 Å². The number of methoxy groups -OCH3 is 1. The Balaban J connectivity index is 2.83. The van der Waals surface area contributed by atoms with Crippen molar-refractivity contribution in [3.8, 4) is 5.75 Å². The number of nitroso groups, excluding NO2 is 1. The fourth-order valence-electron chi connectivity index (χ4n) is 2.42. The van der Waals surface area contributed by atoms with Crippen LogP contribution in [0.25, 0.3) is 0 Å². The Hall–Kier alpha value is -1.58. The molecule has 0 aromatic heterocycles. The number of rotatable bonds is 7. The fraction of sp³-hybridized carbons (Fsp3) is 0.571. The number of benzene rings is 1. The monoisotopic (exact) mass is 250 g/mol. The fourth-order valence-corrected chi connectivity index (χ4v) is 2.42. The predicted octanol–water partition coefficient (Wildman–Crippen LogP) is 3.44. The lowest BCUT2D eigenvalue weighted by Crippen LogP contribution is -2.23. The van der Waals surface area contributed by atoms with Gasteiger partial charge in [0.05, 0.1) is 12.4 Å². The molecule has 18 heavy (non-hydrogen) atoms. The second kappa shape index (κ2) is 6.99. The van der Waals surface area contributed by atoms with E-state index in [4.69, 9.17) is 4.74 Å². The first-order chi connectivity index (χ1) is 8.62. The smallest absolute Gasteiger partial charge is 0.119 e. The van der Waals surface area contributed by atoms with Gasteiger partial charge in [0.2, 0.25) is 0 Å². The third kappa shape index (κ3) is 3.72. The van der Waals surface area contributed by atoms with Gasteiger partial charge in [0.15, 0.2) is 0 Å². The highest BCUT2D eigenvalue weighted by Gasteiger charge is 2.19. The van der Waals surface area contributed by atoms with E-state index in [1.54, 1.807) is 14.2 Å². The van der Waals surface area contributed by atoms with Crippen LogP contribution < -0.4 is 4.74 Å². The molecule has 0 radical (unpaired) electrons. The summed E-state index contributed by atoms with van der Waals surface area (Å²) in [5.41, 5.74) is 1.25. The zero-order valence-corrected chi connectivity index (χ0v) is 11.6. The second-order valence-electron chi connectivity index (χ2n) is 4.69. The maximum absolute atomic E-state index is 10.4. The Morgan fingerprint density at radius 2 is 2.17 bits per heavy atom. The van der Waals surface area contributed by atoms with Crippen LogP contribution in [0.2, 0.25) is 0 Å². The molecule has 0 saturated carbocycles. The number of hydrogen-bond donors (Lipinski definition) is 0. The highest BCUT2D eigenvalue weighted by molar-refractivity contribution is 5.31. The quantitative estimate of drug-likeness (QED) is 0.550. The Labute approximate surface area is 109 Å². The molecule has 0 saturated heterocycles. The van der Waals surface area contributed by atoms with Crippen LogP contribution in [0, 0.1) is 10.8 Å². The molecule has 100 valence electrons. The van der Waals surface area contributed by atoms with Crippen LogP contribution in [-0.2, 0) is 0 Å². The van der Waals surface area contributed by atoms with Crippen LogP contribution in [0.15, 0.2) is 29.6 Å². The van der Waals surface area contributed by atoms with E-state index in [-0.39, 0.29) is 0 Å². The SMILES string of the molecule is CCC(c1cccc(OC)c1)C(C)CN(C)N=O. The van der Waals surface area contributed by atoms with E-state index in [9.17, 15) is 4.91 Å². The average molecular weight is 250 g/mol. The molecule has 4 heteroatoms. The van der Waals surface area contributed by atoms with Crippen LogP contribution in [-0.4, -0.2) is 25.7 Å². The van der Waals surface area contributed by atoms with Crippen molar-refractivity contribution in [2.24, 2.45) is 11.2 Å². The summed E-state index contributed by atoms with van der Waals surface area (Å²) in [5.74, 6) is 1.65. The topological polar surface area (TPSA) is 41.9 Å². The molecule has 0 fully saturated rings. The van der Waals surface area contributed by atoms with Gasteiger partial charge >= 0.3 is 0 Å². The molecule has 0 bridgehead atoms. The lowest BCUT2D eigenvalue weighted by Gasteiger charge is -2.25. The Bertz CT molecular complexity index is 382. The average Bonchev–Trinajstić information content (AvgIpc) is 2.39. The van der Waals surface area contributed by atoms with E-state index in [1.807, 2.05) is 12.1 Å². The first kappa shape index (κ1) is 14.5. The summed E-state index contributed by atoms with van der Waals surface area (Å²) in [5, 5.41) is 4.38. The lowest BCUT2D eigenvalue weighted by molar-refractivity contribution is 0.267. The van der Waals surface area contributed by atoms with Gasteiger partial charge in [-0.05, 0) is 36.0 Å². The summed E-state index contributed by atoms with van der Waals surface area (Å²) in [4.78, 5) is 10.4. The standard InChI is InChI=1S/C14H22N2O2/c1-5-14(11(2)10-16(3)15-17)12-7-6-8-13(9-12)18-4/h6-9,11,14H,5,10H2,1-4H3.